The van der Waals surface area contributed by atoms with Gasteiger partial charge in [0.15, 0.2) is 0 Å². The zero-order chi connectivity index (χ0) is 10.7. The Labute approximate surface area is 89.8 Å². The Bertz CT molecular complexity index is 348. The summed E-state index contributed by atoms with van der Waals surface area (Å²) in [5.74, 6) is 0. The molecule has 0 amide bonds. The lowest BCUT2D eigenvalue weighted by atomic mass is 9.92. The maximum atomic E-state index is 8.96. The van der Waals surface area contributed by atoms with E-state index < -0.39 is 0 Å². The SMILES string of the molecule is CC1CCC(=NO)C(c2ccccc2)N1. The van der Waals surface area contributed by atoms with Crippen LogP contribution in [0.4, 0.5) is 0 Å². The molecule has 15 heavy (non-hydrogen) atoms. The molecule has 1 heterocycles. The van der Waals surface area contributed by atoms with Crippen molar-refractivity contribution in [2.75, 3.05) is 0 Å². The standard InChI is InChI=1S/C12H16N2O/c1-9-7-8-11(14-15)12(13-9)10-5-3-2-4-6-10/h2-6,9,12-13,15H,7-8H2,1H3. The van der Waals surface area contributed by atoms with Gasteiger partial charge in [0.05, 0.1) is 11.8 Å². The van der Waals surface area contributed by atoms with E-state index >= 15 is 0 Å². The van der Waals surface area contributed by atoms with Crippen LogP contribution in [0.3, 0.4) is 0 Å². The fourth-order valence-electron chi connectivity index (χ4n) is 2.01. The minimum absolute atomic E-state index is 0.0694. The Morgan fingerprint density at radius 1 is 1.33 bits per heavy atom. The van der Waals surface area contributed by atoms with Gasteiger partial charge in [-0.2, -0.15) is 0 Å². The van der Waals surface area contributed by atoms with Gasteiger partial charge in [-0.05, 0) is 25.3 Å². The Morgan fingerprint density at radius 3 is 2.73 bits per heavy atom. The van der Waals surface area contributed by atoms with Crippen molar-refractivity contribution in [1.82, 2.24) is 5.32 Å². The van der Waals surface area contributed by atoms with Gasteiger partial charge in [0, 0.05) is 6.04 Å². The van der Waals surface area contributed by atoms with Gasteiger partial charge in [0.2, 0.25) is 0 Å². The first-order chi connectivity index (χ1) is 7.31. The molecule has 0 bridgehead atoms. The molecule has 2 atom stereocenters. The lowest BCUT2D eigenvalue weighted by Gasteiger charge is -2.29. The first-order valence-corrected chi connectivity index (χ1v) is 5.33. The molecule has 1 aliphatic rings. The smallest absolute Gasteiger partial charge is 0.0785 e. The number of nitrogens with one attached hydrogen (secondary N) is 1. The summed E-state index contributed by atoms with van der Waals surface area (Å²) in [6.45, 7) is 2.16. The van der Waals surface area contributed by atoms with E-state index in [0.717, 1.165) is 24.1 Å². The number of oxime groups is 1. The van der Waals surface area contributed by atoms with E-state index in [4.69, 9.17) is 5.21 Å². The first-order valence-electron chi connectivity index (χ1n) is 5.33. The second-order valence-corrected chi connectivity index (χ2v) is 4.04. The van der Waals surface area contributed by atoms with Gasteiger partial charge in [-0.1, -0.05) is 35.5 Å². The van der Waals surface area contributed by atoms with Crippen LogP contribution in [-0.2, 0) is 0 Å². The fraction of sp³-hybridized carbons (Fsp3) is 0.417. The van der Waals surface area contributed by atoms with Gasteiger partial charge in [-0.25, -0.2) is 0 Å². The van der Waals surface area contributed by atoms with E-state index in [1.54, 1.807) is 0 Å². The highest BCUT2D eigenvalue weighted by Crippen LogP contribution is 2.23. The highest BCUT2D eigenvalue weighted by molar-refractivity contribution is 5.90. The Kier molecular flexibility index (Phi) is 3.02. The predicted octanol–water partition coefficient (Wildman–Crippen LogP) is 2.33. The molecule has 1 aliphatic heterocycles. The molecule has 1 aromatic carbocycles. The van der Waals surface area contributed by atoms with E-state index in [9.17, 15) is 0 Å². The first kappa shape index (κ1) is 10.2. The van der Waals surface area contributed by atoms with Crippen molar-refractivity contribution in [3.63, 3.8) is 0 Å². The molecule has 0 radical (unpaired) electrons. The van der Waals surface area contributed by atoms with Crippen molar-refractivity contribution in [2.24, 2.45) is 5.16 Å². The summed E-state index contributed by atoms with van der Waals surface area (Å²) < 4.78 is 0. The molecule has 1 fully saturated rings. The summed E-state index contributed by atoms with van der Waals surface area (Å²) in [4.78, 5) is 0. The number of hydrogen-bond acceptors (Lipinski definition) is 3. The summed E-state index contributed by atoms with van der Waals surface area (Å²) in [5.41, 5.74) is 2.00. The molecule has 0 aliphatic carbocycles. The van der Waals surface area contributed by atoms with Crippen LogP contribution < -0.4 is 5.32 Å². The average Bonchev–Trinajstić information content (AvgIpc) is 2.30. The van der Waals surface area contributed by atoms with Crippen molar-refractivity contribution in [3.8, 4) is 0 Å². The van der Waals surface area contributed by atoms with Gasteiger partial charge < -0.3 is 10.5 Å². The van der Waals surface area contributed by atoms with Crippen LogP contribution in [0.25, 0.3) is 0 Å². The van der Waals surface area contributed by atoms with Crippen molar-refractivity contribution < 1.29 is 5.21 Å². The molecule has 2 rings (SSSR count). The van der Waals surface area contributed by atoms with Crippen LogP contribution >= 0.6 is 0 Å². The molecule has 3 nitrogen and oxygen atoms in total. The van der Waals surface area contributed by atoms with Gasteiger partial charge in [-0.15, -0.1) is 0 Å². The van der Waals surface area contributed by atoms with Gasteiger partial charge in [-0.3, -0.25) is 0 Å². The van der Waals surface area contributed by atoms with E-state index in [0.29, 0.717) is 6.04 Å². The topological polar surface area (TPSA) is 44.6 Å². The third-order valence-corrected chi connectivity index (χ3v) is 2.88. The minimum atomic E-state index is 0.0694. The molecule has 0 spiro atoms. The number of hydrogen-bond donors (Lipinski definition) is 2. The number of rotatable bonds is 1. The van der Waals surface area contributed by atoms with Crippen LogP contribution in [0.15, 0.2) is 35.5 Å². The van der Waals surface area contributed by atoms with E-state index in [1.807, 2.05) is 18.2 Å². The van der Waals surface area contributed by atoms with Crippen LogP contribution in [0, 0.1) is 0 Å². The van der Waals surface area contributed by atoms with Crippen molar-refractivity contribution >= 4 is 5.71 Å². The van der Waals surface area contributed by atoms with E-state index in [2.05, 4.69) is 29.5 Å². The maximum absolute atomic E-state index is 8.96. The number of piperidine rings is 1. The lowest BCUT2D eigenvalue weighted by Crippen LogP contribution is -2.40. The highest BCUT2D eigenvalue weighted by atomic mass is 16.4. The normalized spacial score (nSPS) is 29.3. The Morgan fingerprint density at radius 2 is 2.07 bits per heavy atom. The summed E-state index contributed by atoms with van der Waals surface area (Å²) in [6, 6.07) is 10.7. The van der Waals surface area contributed by atoms with Gasteiger partial charge in [0.1, 0.15) is 0 Å². The molecular formula is C12H16N2O. The lowest BCUT2D eigenvalue weighted by molar-refractivity contribution is 0.308. The number of nitrogens with zero attached hydrogens (tertiary/aromatic N) is 1. The molecule has 80 valence electrons. The maximum Gasteiger partial charge on any atom is 0.0785 e. The number of benzene rings is 1. The van der Waals surface area contributed by atoms with Gasteiger partial charge >= 0.3 is 0 Å². The van der Waals surface area contributed by atoms with Crippen molar-refractivity contribution in [3.05, 3.63) is 35.9 Å². The predicted molar refractivity (Wildman–Crippen MR) is 60.2 cm³/mol. The van der Waals surface area contributed by atoms with Crippen LogP contribution in [-0.4, -0.2) is 17.0 Å². The van der Waals surface area contributed by atoms with Crippen molar-refractivity contribution in [1.29, 1.82) is 0 Å². The molecular weight excluding hydrogens is 188 g/mol. The fourth-order valence-corrected chi connectivity index (χ4v) is 2.01. The molecule has 3 heteroatoms. The van der Waals surface area contributed by atoms with E-state index in [-0.39, 0.29) is 6.04 Å². The highest BCUT2D eigenvalue weighted by Gasteiger charge is 2.25. The summed E-state index contributed by atoms with van der Waals surface area (Å²) in [7, 11) is 0. The Balaban J connectivity index is 2.25. The average molecular weight is 204 g/mol. The zero-order valence-electron chi connectivity index (χ0n) is 8.85. The van der Waals surface area contributed by atoms with E-state index in [1.165, 1.54) is 0 Å². The summed E-state index contributed by atoms with van der Waals surface area (Å²) in [6.07, 6.45) is 1.90. The van der Waals surface area contributed by atoms with Crippen molar-refractivity contribution in [2.45, 2.75) is 31.8 Å². The molecule has 0 saturated carbocycles. The summed E-state index contributed by atoms with van der Waals surface area (Å²) in [5, 5.41) is 15.8. The van der Waals surface area contributed by atoms with Crippen LogP contribution in [0.5, 0.6) is 0 Å². The van der Waals surface area contributed by atoms with Gasteiger partial charge in [0.25, 0.3) is 0 Å². The monoisotopic (exact) mass is 204 g/mol. The Hall–Kier alpha value is -1.35. The largest absolute Gasteiger partial charge is 0.411 e. The second kappa shape index (κ2) is 4.45. The van der Waals surface area contributed by atoms with Crippen LogP contribution in [0.1, 0.15) is 31.4 Å². The molecule has 0 aromatic heterocycles. The second-order valence-electron chi connectivity index (χ2n) is 4.04. The minimum Gasteiger partial charge on any atom is -0.411 e. The third-order valence-electron chi connectivity index (χ3n) is 2.88. The molecule has 1 aromatic rings. The molecule has 2 unspecified atom stereocenters. The summed E-state index contributed by atoms with van der Waals surface area (Å²) >= 11 is 0. The van der Waals surface area contributed by atoms with Crippen LogP contribution in [0.2, 0.25) is 0 Å². The zero-order valence-corrected chi connectivity index (χ0v) is 8.85. The third kappa shape index (κ3) is 2.18. The quantitative estimate of drug-likeness (QED) is 0.544. The molecule has 2 N–H and O–H groups in total. The molecule has 1 saturated heterocycles.